The summed E-state index contributed by atoms with van der Waals surface area (Å²) in [4.78, 5) is 4.90. The Morgan fingerprint density at radius 3 is 2.44 bits per heavy atom. The van der Waals surface area contributed by atoms with Gasteiger partial charge >= 0.3 is 0 Å². The second-order valence-corrected chi connectivity index (χ2v) is 9.20. The van der Waals surface area contributed by atoms with E-state index in [0.717, 1.165) is 37.1 Å². The van der Waals surface area contributed by atoms with Crippen LogP contribution < -0.4 is 5.32 Å². The van der Waals surface area contributed by atoms with Crippen LogP contribution in [0.2, 0.25) is 0 Å². The van der Waals surface area contributed by atoms with Crippen LogP contribution in [0.5, 0.6) is 0 Å². The number of imidazole rings is 1. The van der Waals surface area contributed by atoms with Crippen LogP contribution >= 0.6 is 0 Å². The number of nitrogens with one attached hydrogen (secondary N) is 1. The molecule has 4 rings (SSSR count). The number of rotatable bonds is 3. The molecule has 0 spiro atoms. The van der Waals surface area contributed by atoms with Crippen molar-refractivity contribution in [1.82, 2.24) is 14.9 Å². The van der Waals surface area contributed by atoms with Gasteiger partial charge in [0, 0.05) is 18.9 Å². The number of piperidine rings is 1. The zero-order valence-electron chi connectivity index (χ0n) is 15.4. The van der Waals surface area contributed by atoms with Crippen LogP contribution in [0, 0.1) is 5.82 Å². The minimum atomic E-state index is -3.25. The van der Waals surface area contributed by atoms with Crippen molar-refractivity contribution in [3.05, 3.63) is 47.8 Å². The van der Waals surface area contributed by atoms with E-state index < -0.39 is 9.84 Å². The quantitative estimate of drug-likeness (QED) is 0.749. The molecule has 2 heterocycles. The fraction of sp³-hybridized carbons (Fsp3) is 0.350. The van der Waals surface area contributed by atoms with E-state index in [1.807, 2.05) is 6.07 Å². The van der Waals surface area contributed by atoms with Gasteiger partial charge in [-0.05, 0) is 73.8 Å². The van der Waals surface area contributed by atoms with E-state index in [-0.39, 0.29) is 10.7 Å². The molecule has 0 radical (unpaired) electrons. The monoisotopic (exact) mass is 387 g/mol. The smallest absolute Gasteiger partial charge is 0.175 e. The number of fused-ring (bicyclic) bond motifs is 1. The molecule has 1 aromatic heterocycles. The second kappa shape index (κ2) is 6.73. The lowest BCUT2D eigenvalue weighted by atomic mass is 9.90. The van der Waals surface area contributed by atoms with Gasteiger partial charge in [0.1, 0.15) is 17.2 Å². The Morgan fingerprint density at radius 2 is 1.81 bits per heavy atom. The van der Waals surface area contributed by atoms with Crippen molar-refractivity contribution in [3.8, 4) is 11.4 Å². The lowest BCUT2D eigenvalue weighted by molar-refractivity contribution is 0.459. The maximum absolute atomic E-state index is 14.9. The van der Waals surface area contributed by atoms with Gasteiger partial charge < -0.3 is 9.88 Å². The van der Waals surface area contributed by atoms with E-state index in [4.69, 9.17) is 0 Å². The fourth-order valence-corrected chi connectivity index (χ4v) is 4.45. The summed E-state index contributed by atoms with van der Waals surface area (Å²) in [6.07, 6.45) is 3.17. The third-order valence-electron chi connectivity index (χ3n) is 5.30. The minimum Gasteiger partial charge on any atom is -0.325 e. The molecule has 0 amide bonds. The Hall–Kier alpha value is -2.25. The number of sulfone groups is 1. The van der Waals surface area contributed by atoms with Gasteiger partial charge in [0.25, 0.3) is 0 Å². The van der Waals surface area contributed by atoms with Gasteiger partial charge in [-0.1, -0.05) is 0 Å². The van der Waals surface area contributed by atoms with Crippen molar-refractivity contribution in [2.45, 2.75) is 23.7 Å². The first-order valence-corrected chi connectivity index (χ1v) is 10.9. The number of aryl methyl sites for hydroxylation is 1. The maximum Gasteiger partial charge on any atom is 0.175 e. The molecule has 3 aromatic rings. The molecule has 7 heteroatoms. The zero-order valence-corrected chi connectivity index (χ0v) is 16.2. The molecule has 0 unspecified atom stereocenters. The normalized spacial score (nSPS) is 16.1. The number of nitrogens with zero attached hydrogens (tertiary/aromatic N) is 2. The third-order valence-corrected chi connectivity index (χ3v) is 6.42. The molecule has 2 aromatic carbocycles. The second-order valence-electron chi connectivity index (χ2n) is 7.19. The highest BCUT2D eigenvalue weighted by Crippen LogP contribution is 2.32. The van der Waals surface area contributed by atoms with E-state index in [1.54, 1.807) is 41.9 Å². The van der Waals surface area contributed by atoms with Gasteiger partial charge in [0.15, 0.2) is 9.84 Å². The van der Waals surface area contributed by atoms with Crippen molar-refractivity contribution in [2.24, 2.45) is 7.05 Å². The van der Waals surface area contributed by atoms with Crippen molar-refractivity contribution in [2.75, 3.05) is 19.3 Å². The average Bonchev–Trinajstić information content (AvgIpc) is 2.99. The molecule has 0 atom stereocenters. The Bertz CT molecular complexity index is 1100. The molecule has 0 saturated carbocycles. The lowest BCUT2D eigenvalue weighted by Crippen LogP contribution is -2.26. The first-order chi connectivity index (χ1) is 12.8. The highest BCUT2D eigenvalue weighted by Gasteiger charge is 2.20. The van der Waals surface area contributed by atoms with Gasteiger partial charge in [-0.2, -0.15) is 0 Å². The number of aromatic nitrogens is 2. The Kier molecular flexibility index (Phi) is 4.52. The Balaban J connectivity index is 1.78. The van der Waals surface area contributed by atoms with Gasteiger partial charge in [0.2, 0.25) is 0 Å². The fourth-order valence-electron chi connectivity index (χ4n) is 3.82. The summed E-state index contributed by atoms with van der Waals surface area (Å²) < 4.78 is 39.9. The predicted molar refractivity (Wildman–Crippen MR) is 104 cm³/mol. The molecule has 5 nitrogen and oxygen atoms in total. The molecule has 1 saturated heterocycles. The van der Waals surface area contributed by atoms with E-state index in [1.165, 1.54) is 6.26 Å². The summed E-state index contributed by atoms with van der Waals surface area (Å²) in [5.41, 5.74) is 2.85. The van der Waals surface area contributed by atoms with Gasteiger partial charge in [-0.3, -0.25) is 0 Å². The first-order valence-electron chi connectivity index (χ1n) is 9.01. The third kappa shape index (κ3) is 3.37. The van der Waals surface area contributed by atoms with E-state index in [9.17, 15) is 12.8 Å². The molecule has 0 aliphatic carbocycles. The van der Waals surface area contributed by atoms with Crippen molar-refractivity contribution in [3.63, 3.8) is 0 Å². The molecule has 1 fully saturated rings. The molecule has 1 aliphatic heterocycles. The van der Waals surface area contributed by atoms with Gasteiger partial charge in [-0.25, -0.2) is 17.8 Å². The van der Waals surface area contributed by atoms with Crippen molar-refractivity contribution >= 4 is 20.9 Å². The minimum absolute atomic E-state index is 0.254. The predicted octanol–water partition coefficient (Wildman–Crippen LogP) is 3.25. The molecule has 1 N–H and O–H groups in total. The van der Waals surface area contributed by atoms with Crippen LogP contribution in [0.25, 0.3) is 22.4 Å². The van der Waals surface area contributed by atoms with E-state index in [2.05, 4.69) is 10.3 Å². The highest BCUT2D eigenvalue weighted by atomic mass is 32.2. The van der Waals surface area contributed by atoms with Crippen LogP contribution in [0.3, 0.4) is 0 Å². The molecule has 0 bridgehead atoms. The molecule has 142 valence electrons. The summed E-state index contributed by atoms with van der Waals surface area (Å²) in [6, 6.07) is 10.2. The van der Waals surface area contributed by atoms with Crippen molar-refractivity contribution in [1.29, 1.82) is 0 Å². The number of benzene rings is 2. The lowest BCUT2D eigenvalue weighted by Gasteiger charge is -2.23. The molecular weight excluding hydrogens is 365 g/mol. The number of hydrogen-bond acceptors (Lipinski definition) is 4. The zero-order chi connectivity index (χ0) is 19.2. The topological polar surface area (TPSA) is 64.0 Å². The maximum atomic E-state index is 14.9. The van der Waals surface area contributed by atoms with Gasteiger partial charge in [-0.15, -0.1) is 0 Å². The molecular formula is C20H22FN3O2S. The summed E-state index contributed by atoms with van der Waals surface area (Å²) in [5, 5.41) is 3.33. The summed E-state index contributed by atoms with van der Waals surface area (Å²) >= 11 is 0. The SMILES string of the molecule is Cn1c(-c2ccc(S(C)(=O)=O)cc2)nc2cc(C3CCNCC3)cc(F)c21. The molecule has 1 aliphatic rings. The highest BCUT2D eigenvalue weighted by molar-refractivity contribution is 7.90. The van der Waals surface area contributed by atoms with Crippen LogP contribution in [0.4, 0.5) is 4.39 Å². The average molecular weight is 387 g/mol. The number of halogens is 1. The largest absolute Gasteiger partial charge is 0.325 e. The molecule has 27 heavy (non-hydrogen) atoms. The van der Waals surface area contributed by atoms with Crippen LogP contribution in [-0.4, -0.2) is 37.3 Å². The summed E-state index contributed by atoms with van der Waals surface area (Å²) in [7, 11) is -1.47. The van der Waals surface area contributed by atoms with Crippen LogP contribution in [0.1, 0.15) is 24.3 Å². The Labute approximate surface area is 158 Å². The van der Waals surface area contributed by atoms with Crippen LogP contribution in [0.15, 0.2) is 41.3 Å². The van der Waals surface area contributed by atoms with Crippen molar-refractivity contribution < 1.29 is 12.8 Å². The van der Waals surface area contributed by atoms with E-state index >= 15 is 0 Å². The van der Waals surface area contributed by atoms with E-state index in [0.29, 0.717) is 22.8 Å². The van der Waals surface area contributed by atoms with Crippen LogP contribution in [-0.2, 0) is 16.9 Å². The standard InChI is InChI=1S/C20H22FN3O2S/c1-24-19-17(21)11-15(13-7-9-22-10-8-13)12-18(19)23-20(24)14-3-5-16(6-4-14)27(2,25)26/h3-6,11-13,22H,7-10H2,1-2H3. The first kappa shape index (κ1) is 18.1. The van der Waals surface area contributed by atoms with Gasteiger partial charge in [0.05, 0.1) is 10.4 Å². The summed E-state index contributed by atoms with van der Waals surface area (Å²) in [6.45, 7) is 1.90. The summed E-state index contributed by atoms with van der Waals surface area (Å²) in [5.74, 6) is 0.700. The number of hydrogen-bond donors (Lipinski definition) is 1. The Morgan fingerprint density at radius 1 is 1.15 bits per heavy atom.